The number of rotatable bonds is 11. The summed E-state index contributed by atoms with van der Waals surface area (Å²) in [5, 5.41) is 6.07. The zero-order chi connectivity index (χ0) is 22.6. The third kappa shape index (κ3) is 9.27. The Morgan fingerprint density at radius 2 is 1.84 bits per heavy atom. The second-order valence-corrected chi connectivity index (χ2v) is 8.82. The van der Waals surface area contributed by atoms with Crippen LogP contribution in [0, 0.1) is 0 Å². The summed E-state index contributed by atoms with van der Waals surface area (Å²) < 4.78 is 12.3. The number of carbonyl (C=O) groups excluding carboxylic acids is 1. The van der Waals surface area contributed by atoms with Crippen molar-refractivity contribution in [3.63, 3.8) is 0 Å². The van der Waals surface area contributed by atoms with Crippen molar-refractivity contribution < 1.29 is 14.3 Å². The van der Waals surface area contributed by atoms with Crippen LogP contribution in [0.5, 0.6) is 11.5 Å². The number of hydrogen-bond acceptors (Lipinski definition) is 4. The molecule has 0 unspecified atom stereocenters. The van der Waals surface area contributed by atoms with Crippen molar-refractivity contribution >= 4 is 39.2 Å². The van der Waals surface area contributed by atoms with Gasteiger partial charge in [0.2, 0.25) is 0 Å². The summed E-state index contributed by atoms with van der Waals surface area (Å²) >= 11 is 8.72. The van der Waals surface area contributed by atoms with Crippen molar-refractivity contribution in [3.05, 3.63) is 58.1 Å². The van der Waals surface area contributed by atoms with Gasteiger partial charge in [0.1, 0.15) is 11.5 Å². The van der Waals surface area contributed by atoms with Gasteiger partial charge >= 0.3 is 0 Å². The molecule has 1 amide bonds. The molecule has 0 aliphatic rings. The molecule has 0 aromatic heterocycles. The van der Waals surface area contributed by atoms with Crippen LogP contribution >= 0.6 is 28.1 Å². The highest BCUT2D eigenvalue weighted by Crippen LogP contribution is 2.23. The van der Waals surface area contributed by atoms with Crippen LogP contribution in [0.25, 0.3) is 0 Å². The van der Waals surface area contributed by atoms with Gasteiger partial charge in [-0.3, -0.25) is 10.1 Å². The topological polar surface area (TPSA) is 59.6 Å². The zero-order valence-corrected chi connectivity index (χ0v) is 20.8. The lowest BCUT2D eigenvalue weighted by atomic mass is 10.2. The van der Waals surface area contributed by atoms with Gasteiger partial charge in [-0.15, -0.1) is 0 Å². The highest BCUT2D eigenvalue weighted by molar-refractivity contribution is 9.10. The molecule has 0 fully saturated rings. The molecule has 0 spiro atoms. The molecule has 0 heterocycles. The van der Waals surface area contributed by atoms with Gasteiger partial charge < -0.3 is 14.8 Å². The Balaban J connectivity index is 1.88. The first-order valence-corrected chi connectivity index (χ1v) is 11.9. The lowest BCUT2D eigenvalue weighted by molar-refractivity contribution is 0.0972. The van der Waals surface area contributed by atoms with Gasteiger partial charge in [-0.2, -0.15) is 0 Å². The molecule has 0 bridgehead atoms. The smallest absolute Gasteiger partial charge is 0.261 e. The van der Waals surface area contributed by atoms with Crippen molar-refractivity contribution in [2.24, 2.45) is 0 Å². The van der Waals surface area contributed by atoms with E-state index in [4.69, 9.17) is 21.7 Å². The number of hydrogen-bond donors (Lipinski definition) is 2. The standard InChI is InChI=1S/C24H31BrN2O3S/c1-4-5-6-7-14-29-22-13-10-19(25)15-21(22)23(28)27-24(31)26-16-18-8-11-20(12-9-18)30-17(2)3/h8-13,15,17H,4-7,14,16H2,1-3H3,(H2,26,27,28,31). The first kappa shape index (κ1) is 25.1. The maximum Gasteiger partial charge on any atom is 0.261 e. The van der Waals surface area contributed by atoms with Gasteiger partial charge in [-0.25, -0.2) is 0 Å². The molecule has 0 radical (unpaired) electrons. The Morgan fingerprint density at radius 1 is 1.10 bits per heavy atom. The summed E-state index contributed by atoms with van der Waals surface area (Å²) in [6.45, 7) is 7.24. The molecule has 5 nitrogen and oxygen atoms in total. The molecule has 0 aliphatic carbocycles. The van der Waals surface area contributed by atoms with E-state index in [0.717, 1.165) is 28.6 Å². The Labute approximate surface area is 199 Å². The summed E-state index contributed by atoms with van der Waals surface area (Å²) in [5.74, 6) is 1.08. The number of nitrogens with one attached hydrogen (secondary N) is 2. The molecular formula is C24H31BrN2O3S. The van der Waals surface area contributed by atoms with E-state index in [9.17, 15) is 4.79 Å². The first-order valence-electron chi connectivity index (χ1n) is 10.7. The second kappa shape index (κ2) is 13.3. The normalized spacial score (nSPS) is 10.6. The third-order valence-electron chi connectivity index (χ3n) is 4.42. The number of carbonyl (C=O) groups is 1. The van der Waals surface area contributed by atoms with Gasteiger partial charge in [0.25, 0.3) is 5.91 Å². The minimum atomic E-state index is -0.303. The van der Waals surface area contributed by atoms with Crippen molar-refractivity contribution in [1.29, 1.82) is 0 Å². The highest BCUT2D eigenvalue weighted by Gasteiger charge is 2.15. The SMILES string of the molecule is CCCCCCOc1ccc(Br)cc1C(=O)NC(=S)NCc1ccc(OC(C)C)cc1. The Hall–Kier alpha value is -2.12. The van der Waals surface area contributed by atoms with Gasteiger partial charge in [0.15, 0.2) is 5.11 Å². The summed E-state index contributed by atoms with van der Waals surface area (Å²) in [6.07, 6.45) is 4.57. The first-order chi connectivity index (χ1) is 14.9. The monoisotopic (exact) mass is 506 g/mol. The zero-order valence-electron chi connectivity index (χ0n) is 18.4. The number of unbranched alkanes of at least 4 members (excludes halogenated alkanes) is 3. The summed E-state index contributed by atoms with van der Waals surface area (Å²) in [4.78, 5) is 12.8. The van der Waals surface area contributed by atoms with Crippen LogP contribution in [-0.4, -0.2) is 23.7 Å². The van der Waals surface area contributed by atoms with Gasteiger partial charge in [0.05, 0.1) is 18.3 Å². The average Bonchev–Trinajstić information content (AvgIpc) is 2.73. The van der Waals surface area contributed by atoms with Crippen LogP contribution in [-0.2, 0) is 6.54 Å². The maximum atomic E-state index is 12.8. The van der Waals surface area contributed by atoms with Gasteiger partial charge in [-0.05, 0) is 68.4 Å². The van der Waals surface area contributed by atoms with Gasteiger partial charge in [0, 0.05) is 11.0 Å². The predicted octanol–water partition coefficient (Wildman–Crippen LogP) is 6.00. The predicted molar refractivity (Wildman–Crippen MR) is 133 cm³/mol. The van der Waals surface area contributed by atoms with Crippen LogP contribution in [0.4, 0.5) is 0 Å². The molecule has 2 aromatic rings. The molecule has 0 saturated heterocycles. The van der Waals surface area contributed by atoms with Gasteiger partial charge in [-0.1, -0.05) is 54.2 Å². The molecule has 2 aromatic carbocycles. The third-order valence-corrected chi connectivity index (χ3v) is 5.16. The van der Waals surface area contributed by atoms with E-state index in [2.05, 4.69) is 33.5 Å². The molecular weight excluding hydrogens is 476 g/mol. The van der Waals surface area contributed by atoms with E-state index in [-0.39, 0.29) is 17.1 Å². The molecule has 0 aliphatic heterocycles. The van der Waals surface area contributed by atoms with E-state index in [0.29, 0.717) is 24.5 Å². The van der Waals surface area contributed by atoms with E-state index in [1.807, 2.05) is 44.2 Å². The molecule has 31 heavy (non-hydrogen) atoms. The van der Waals surface area contributed by atoms with Crippen LogP contribution in [0.3, 0.4) is 0 Å². The Kier molecular flexibility index (Phi) is 10.8. The van der Waals surface area contributed by atoms with Crippen LogP contribution in [0.15, 0.2) is 46.9 Å². The van der Waals surface area contributed by atoms with Crippen molar-refractivity contribution in [1.82, 2.24) is 10.6 Å². The largest absolute Gasteiger partial charge is 0.493 e. The fourth-order valence-corrected chi connectivity index (χ4v) is 3.40. The quantitative estimate of drug-likeness (QED) is 0.289. The lowest BCUT2D eigenvalue weighted by Gasteiger charge is -2.14. The fourth-order valence-electron chi connectivity index (χ4n) is 2.87. The maximum absolute atomic E-state index is 12.8. The number of halogens is 1. The van der Waals surface area contributed by atoms with Crippen LogP contribution in [0.2, 0.25) is 0 Å². The Bertz CT molecular complexity index is 856. The van der Waals surface area contributed by atoms with Crippen LogP contribution in [0.1, 0.15) is 62.4 Å². The highest BCUT2D eigenvalue weighted by atomic mass is 79.9. The number of benzene rings is 2. The molecule has 168 valence electrons. The second-order valence-electron chi connectivity index (χ2n) is 7.50. The number of amides is 1. The molecule has 0 saturated carbocycles. The van der Waals surface area contributed by atoms with Crippen molar-refractivity contribution in [3.8, 4) is 11.5 Å². The molecule has 2 rings (SSSR count). The van der Waals surface area contributed by atoms with Crippen molar-refractivity contribution in [2.45, 2.75) is 59.1 Å². The summed E-state index contributed by atoms with van der Waals surface area (Å²) in [6, 6.07) is 13.2. The fraction of sp³-hybridized carbons (Fsp3) is 0.417. The van der Waals surface area contributed by atoms with Crippen LogP contribution < -0.4 is 20.1 Å². The Morgan fingerprint density at radius 3 is 2.52 bits per heavy atom. The number of ether oxygens (including phenoxy) is 2. The summed E-state index contributed by atoms with van der Waals surface area (Å²) in [5.41, 5.74) is 1.48. The van der Waals surface area contributed by atoms with E-state index < -0.39 is 0 Å². The van der Waals surface area contributed by atoms with Crippen molar-refractivity contribution in [2.75, 3.05) is 6.61 Å². The van der Waals surface area contributed by atoms with E-state index in [1.165, 1.54) is 12.8 Å². The molecule has 2 N–H and O–H groups in total. The van der Waals surface area contributed by atoms with E-state index >= 15 is 0 Å². The minimum absolute atomic E-state index is 0.134. The molecule has 7 heteroatoms. The molecule has 0 atom stereocenters. The lowest BCUT2D eigenvalue weighted by Crippen LogP contribution is -2.39. The number of thiocarbonyl (C=S) groups is 1. The van der Waals surface area contributed by atoms with E-state index in [1.54, 1.807) is 12.1 Å². The average molecular weight is 507 g/mol. The summed E-state index contributed by atoms with van der Waals surface area (Å²) in [7, 11) is 0. The minimum Gasteiger partial charge on any atom is -0.493 e.